The van der Waals surface area contributed by atoms with Crippen LogP contribution in [0.2, 0.25) is 5.02 Å². The molecule has 0 N–H and O–H groups in total. The first-order chi connectivity index (χ1) is 8.62. The SMILES string of the molecule is CCN(CC)CC=C(Cl)c1ccc([N-]C)cc1Cl. The molecule has 0 unspecified atom stereocenters. The Bertz CT molecular complexity index is 412. The summed E-state index contributed by atoms with van der Waals surface area (Å²) in [5.41, 5.74) is 1.72. The van der Waals surface area contributed by atoms with Crippen molar-refractivity contribution in [3.05, 3.63) is 40.2 Å². The number of benzene rings is 1. The van der Waals surface area contributed by atoms with E-state index in [1.807, 2.05) is 24.3 Å². The summed E-state index contributed by atoms with van der Waals surface area (Å²) in [6.45, 7) is 7.13. The van der Waals surface area contributed by atoms with Gasteiger partial charge in [0.25, 0.3) is 0 Å². The molecule has 0 aromatic heterocycles. The molecule has 0 atom stereocenters. The quantitative estimate of drug-likeness (QED) is 0.727. The summed E-state index contributed by atoms with van der Waals surface area (Å²) >= 11 is 12.5. The maximum absolute atomic E-state index is 6.28. The highest BCUT2D eigenvalue weighted by molar-refractivity contribution is 6.50. The Morgan fingerprint density at radius 3 is 2.50 bits per heavy atom. The Morgan fingerprint density at radius 2 is 2.00 bits per heavy atom. The van der Waals surface area contributed by atoms with Gasteiger partial charge >= 0.3 is 0 Å². The van der Waals surface area contributed by atoms with Crippen LogP contribution < -0.4 is 0 Å². The zero-order valence-electron chi connectivity index (χ0n) is 11.1. The lowest BCUT2D eigenvalue weighted by molar-refractivity contribution is 0.338. The zero-order valence-corrected chi connectivity index (χ0v) is 12.6. The molecule has 0 saturated carbocycles. The predicted molar refractivity (Wildman–Crippen MR) is 82.0 cm³/mol. The van der Waals surface area contributed by atoms with Crippen molar-refractivity contribution in [2.24, 2.45) is 0 Å². The van der Waals surface area contributed by atoms with Gasteiger partial charge in [-0.25, -0.2) is 0 Å². The first-order valence-corrected chi connectivity index (χ1v) is 6.85. The highest BCUT2D eigenvalue weighted by Crippen LogP contribution is 2.31. The number of nitrogens with zero attached hydrogens (tertiary/aromatic N) is 2. The lowest BCUT2D eigenvalue weighted by atomic mass is 10.2. The second-order valence-electron chi connectivity index (χ2n) is 3.93. The van der Waals surface area contributed by atoms with Gasteiger partial charge in [-0.1, -0.05) is 61.3 Å². The Labute approximate surface area is 120 Å². The standard InChI is InChI=1S/C14H19Cl2N2/c1-4-18(5-2)9-8-13(15)12-7-6-11(17-3)10-14(12)16/h6-8,10H,4-5,9H2,1-3H3/q-1. The summed E-state index contributed by atoms with van der Waals surface area (Å²) in [6, 6.07) is 5.64. The van der Waals surface area contributed by atoms with Gasteiger partial charge < -0.3 is 10.2 Å². The monoisotopic (exact) mass is 285 g/mol. The summed E-state index contributed by atoms with van der Waals surface area (Å²) in [4.78, 5) is 2.28. The van der Waals surface area contributed by atoms with E-state index in [9.17, 15) is 0 Å². The lowest BCUT2D eigenvalue weighted by Crippen LogP contribution is -2.22. The first-order valence-electron chi connectivity index (χ1n) is 6.10. The van der Waals surface area contributed by atoms with Crippen LogP contribution in [-0.2, 0) is 0 Å². The van der Waals surface area contributed by atoms with Gasteiger partial charge in [-0.3, -0.25) is 0 Å². The third kappa shape index (κ3) is 4.20. The lowest BCUT2D eigenvalue weighted by Gasteiger charge is -2.17. The van der Waals surface area contributed by atoms with Crippen LogP contribution in [0.15, 0.2) is 24.3 Å². The van der Waals surface area contributed by atoms with Crippen molar-refractivity contribution in [3.63, 3.8) is 0 Å². The molecule has 0 saturated heterocycles. The van der Waals surface area contributed by atoms with Crippen molar-refractivity contribution in [2.45, 2.75) is 13.8 Å². The normalized spacial score (nSPS) is 12.0. The molecule has 100 valence electrons. The molecule has 18 heavy (non-hydrogen) atoms. The first kappa shape index (κ1) is 15.4. The van der Waals surface area contributed by atoms with Gasteiger partial charge in [0.2, 0.25) is 0 Å². The third-order valence-corrected chi connectivity index (χ3v) is 3.56. The Kier molecular flexibility index (Phi) is 6.55. The molecule has 0 radical (unpaired) electrons. The fourth-order valence-electron chi connectivity index (χ4n) is 1.64. The van der Waals surface area contributed by atoms with E-state index in [0.29, 0.717) is 10.1 Å². The van der Waals surface area contributed by atoms with E-state index in [4.69, 9.17) is 23.2 Å². The average molecular weight is 286 g/mol. The van der Waals surface area contributed by atoms with Crippen LogP contribution in [0.1, 0.15) is 19.4 Å². The van der Waals surface area contributed by atoms with Crippen LogP contribution >= 0.6 is 23.2 Å². The molecule has 0 heterocycles. The van der Waals surface area contributed by atoms with Crippen LogP contribution in [0.4, 0.5) is 5.69 Å². The van der Waals surface area contributed by atoms with E-state index in [0.717, 1.165) is 30.9 Å². The number of rotatable bonds is 6. The van der Waals surface area contributed by atoms with Crippen LogP contribution in [0.3, 0.4) is 0 Å². The Hall–Kier alpha value is -0.700. The van der Waals surface area contributed by atoms with Gasteiger partial charge in [-0.15, -0.1) is 12.7 Å². The summed E-state index contributed by atoms with van der Waals surface area (Å²) < 4.78 is 0. The van der Waals surface area contributed by atoms with E-state index in [2.05, 4.69) is 24.1 Å². The summed E-state index contributed by atoms with van der Waals surface area (Å²) in [5.74, 6) is 0. The molecular formula is C14H19Cl2N2-. The largest absolute Gasteiger partial charge is 0.687 e. The second-order valence-corrected chi connectivity index (χ2v) is 4.74. The van der Waals surface area contributed by atoms with Crippen molar-refractivity contribution < 1.29 is 0 Å². The number of likely N-dealkylation sites (N-methyl/N-ethyl adjacent to an activating group) is 1. The van der Waals surface area contributed by atoms with E-state index in [1.165, 1.54) is 0 Å². The van der Waals surface area contributed by atoms with Gasteiger partial charge in [0.05, 0.1) is 0 Å². The minimum absolute atomic E-state index is 0.638. The Morgan fingerprint density at radius 1 is 1.33 bits per heavy atom. The molecule has 0 amide bonds. The fourth-order valence-corrected chi connectivity index (χ4v) is 2.20. The topological polar surface area (TPSA) is 17.3 Å². The highest BCUT2D eigenvalue weighted by atomic mass is 35.5. The minimum Gasteiger partial charge on any atom is -0.687 e. The average Bonchev–Trinajstić information content (AvgIpc) is 2.39. The van der Waals surface area contributed by atoms with Crippen molar-refractivity contribution in [1.82, 2.24) is 4.90 Å². The summed E-state index contributed by atoms with van der Waals surface area (Å²) in [6.07, 6.45) is 2.00. The molecule has 1 aromatic carbocycles. The van der Waals surface area contributed by atoms with Gasteiger partial charge in [0, 0.05) is 22.2 Å². The molecule has 0 aliphatic carbocycles. The van der Waals surface area contributed by atoms with E-state index < -0.39 is 0 Å². The fraction of sp³-hybridized carbons (Fsp3) is 0.429. The van der Waals surface area contributed by atoms with E-state index in [1.54, 1.807) is 7.05 Å². The highest BCUT2D eigenvalue weighted by Gasteiger charge is 2.04. The summed E-state index contributed by atoms with van der Waals surface area (Å²) in [7, 11) is 1.74. The number of hydrogen-bond donors (Lipinski definition) is 0. The van der Waals surface area contributed by atoms with Crippen LogP contribution in [0, 0.1) is 0 Å². The van der Waals surface area contributed by atoms with E-state index in [-0.39, 0.29) is 0 Å². The molecule has 1 rings (SSSR count). The van der Waals surface area contributed by atoms with Crippen LogP contribution in [0.5, 0.6) is 0 Å². The van der Waals surface area contributed by atoms with Crippen molar-refractivity contribution in [2.75, 3.05) is 26.7 Å². The summed E-state index contributed by atoms with van der Waals surface area (Å²) in [5, 5.41) is 5.40. The minimum atomic E-state index is 0.638. The predicted octanol–water partition coefficient (Wildman–Crippen LogP) is 4.90. The molecule has 0 fully saturated rings. The number of hydrogen-bond acceptors (Lipinski definition) is 1. The smallest absolute Gasteiger partial charge is 0.0481 e. The van der Waals surface area contributed by atoms with Crippen molar-refractivity contribution >= 4 is 33.9 Å². The van der Waals surface area contributed by atoms with Gasteiger partial charge in [0.1, 0.15) is 0 Å². The Balaban J connectivity index is 2.83. The molecule has 0 aliphatic heterocycles. The maximum Gasteiger partial charge on any atom is 0.0481 e. The third-order valence-electron chi connectivity index (χ3n) is 2.89. The maximum atomic E-state index is 6.28. The molecule has 0 spiro atoms. The molecule has 2 nitrogen and oxygen atoms in total. The van der Waals surface area contributed by atoms with Gasteiger partial charge in [0.15, 0.2) is 0 Å². The van der Waals surface area contributed by atoms with Gasteiger partial charge in [-0.2, -0.15) is 0 Å². The number of halogens is 2. The molecule has 0 aliphatic rings. The molecule has 1 aromatic rings. The van der Waals surface area contributed by atoms with Crippen LogP contribution in [0.25, 0.3) is 10.3 Å². The molecular weight excluding hydrogens is 267 g/mol. The van der Waals surface area contributed by atoms with Crippen molar-refractivity contribution in [3.8, 4) is 0 Å². The van der Waals surface area contributed by atoms with E-state index >= 15 is 0 Å². The second kappa shape index (κ2) is 7.67. The molecule has 4 heteroatoms. The van der Waals surface area contributed by atoms with Gasteiger partial charge in [-0.05, 0) is 13.1 Å². The van der Waals surface area contributed by atoms with Crippen molar-refractivity contribution in [1.29, 1.82) is 0 Å². The van der Waals surface area contributed by atoms with Crippen LogP contribution in [-0.4, -0.2) is 31.6 Å². The molecule has 0 bridgehead atoms. The zero-order chi connectivity index (χ0) is 13.5.